The van der Waals surface area contributed by atoms with E-state index in [1.54, 1.807) is 11.3 Å². The van der Waals surface area contributed by atoms with E-state index in [1.807, 2.05) is 17.6 Å². The molecule has 1 aromatic carbocycles. The molecule has 0 saturated heterocycles. The van der Waals surface area contributed by atoms with E-state index < -0.39 is 0 Å². The molecule has 0 unspecified atom stereocenters. The predicted octanol–water partition coefficient (Wildman–Crippen LogP) is 2.24. The molecule has 2 rings (SSSR count). The Hall–Kier alpha value is -1.39. The van der Waals surface area contributed by atoms with Gasteiger partial charge < -0.3 is 10.6 Å². The summed E-state index contributed by atoms with van der Waals surface area (Å²) in [6, 6.07) is 8.28. The summed E-state index contributed by atoms with van der Waals surface area (Å²) in [4.78, 5) is 6.45. The van der Waals surface area contributed by atoms with Gasteiger partial charge in [-0.05, 0) is 17.7 Å². The van der Waals surface area contributed by atoms with E-state index in [0.717, 1.165) is 17.8 Å². The number of nitrogens with two attached hydrogens (primary N) is 1. The van der Waals surface area contributed by atoms with Crippen LogP contribution in [0, 0.1) is 0 Å². The third-order valence-corrected chi connectivity index (χ3v) is 3.10. The average molecular weight is 233 g/mol. The zero-order chi connectivity index (χ0) is 11.4. The van der Waals surface area contributed by atoms with E-state index in [4.69, 9.17) is 5.73 Å². The summed E-state index contributed by atoms with van der Waals surface area (Å²) in [5.41, 5.74) is 10.9. The molecule has 0 radical (unpaired) electrons. The molecule has 0 bridgehead atoms. The van der Waals surface area contributed by atoms with Crippen molar-refractivity contribution in [3.8, 4) is 0 Å². The van der Waals surface area contributed by atoms with Crippen molar-refractivity contribution in [3.05, 3.63) is 46.4 Å². The summed E-state index contributed by atoms with van der Waals surface area (Å²) in [6.07, 6.45) is 0. The van der Waals surface area contributed by atoms with Crippen LogP contribution in [0.15, 0.2) is 35.2 Å². The summed E-state index contributed by atoms with van der Waals surface area (Å²) >= 11 is 1.63. The molecule has 2 N–H and O–H groups in total. The first-order valence-electron chi connectivity index (χ1n) is 5.17. The molecule has 0 atom stereocenters. The maximum Gasteiger partial charge on any atom is 0.0795 e. The first-order valence-corrected chi connectivity index (χ1v) is 6.11. The number of benzene rings is 1. The molecule has 0 aliphatic rings. The van der Waals surface area contributed by atoms with Crippen LogP contribution in [0.25, 0.3) is 0 Å². The van der Waals surface area contributed by atoms with Crippen molar-refractivity contribution in [1.29, 1.82) is 0 Å². The Labute approximate surface area is 99.5 Å². The number of thiazole rings is 1. The topological polar surface area (TPSA) is 42.2 Å². The van der Waals surface area contributed by atoms with Gasteiger partial charge in [0.25, 0.3) is 0 Å². The fraction of sp³-hybridized carbons (Fsp3) is 0.250. The van der Waals surface area contributed by atoms with Crippen LogP contribution in [0.4, 0.5) is 5.69 Å². The van der Waals surface area contributed by atoms with E-state index in [-0.39, 0.29) is 0 Å². The van der Waals surface area contributed by atoms with Crippen molar-refractivity contribution >= 4 is 17.0 Å². The second kappa shape index (κ2) is 5.09. The van der Waals surface area contributed by atoms with Crippen LogP contribution in [0.1, 0.15) is 11.3 Å². The Balaban J connectivity index is 2.11. The fourth-order valence-electron chi connectivity index (χ4n) is 1.57. The van der Waals surface area contributed by atoms with Crippen LogP contribution in [-0.2, 0) is 13.1 Å². The van der Waals surface area contributed by atoms with Crippen LogP contribution in [0.2, 0.25) is 0 Å². The molecule has 0 aliphatic heterocycles. The Morgan fingerprint density at radius 3 is 3.00 bits per heavy atom. The minimum Gasteiger partial charge on any atom is -0.369 e. The summed E-state index contributed by atoms with van der Waals surface area (Å²) in [5.74, 6) is 0. The number of nitrogens with zero attached hydrogens (tertiary/aromatic N) is 2. The lowest BCUT2D eigenvalue weighted by Crippen LogP contribution is -2.16. The first-order chi connectivity index (χ1) is 7.79. The van der Waals surface area contributed by atoms with Gasteiger partial charge in [-0.1, -0.05) is 12.1 Å². The van der Waals surface area contributed by atoms with E-state index in [1.165, 1.54) is 5.69 Å². The lowest BCUT2D eigenvalue weighted by molar-refractivity contribution is 0.892. The molecule has 0 spiro atoms. The first kappa shape index (κ1) is 11.1. The molecule has 2 aromatic rings. The van der Waals surface area contributed by atoms with Crippen molar-refractivity contribution in [3.63, 3.8) is 0 Å². The second-order valence-corrected chi connectivity index (χ2v) is 4.43. The Morgan fingerprint density at radius 2 is 2.31 bits per heavy atom. The molecule has 4 heteroatoms. The van der Waals surface area contributed by atoms with Crippen LogP contribution in [0.3, 0.4) is 0 Å². The monoisotopic (exact) mass is 233 g/mol. The second-order valence-electron chi connectivity index (χ2n) is 3.71. The van der Waals surface area contributed by atoms with E-state index in [0.29, 0.717) is 6.54 Å². The Bertz CT molecular complexity index is 439. The normalized spacial score (nSPS) is 10.4. The van der Waals surface area contributed by atoms with Gasteiger partial charge in [0.05, 0.1) is 17.7 Å². The molecule has 1 heterocycles. The lowest BCUT2D eigenvalue weighted by Gasteiger charge is -2.18. The van der Waals surface area contributed by atoms with E-state index >= 15 is 0 Å². The quantitative estimate of drug-likeness (QED) is 0.880. The molecule has 16 heavy (non-hydrogen) atoms. The SMILES string of the molecule is CN(Cc1cscn1)c1cccc(CN)c1. The van der Waals surface area contributed by atoms with Gasteiger partial charge in [-0.25, -0.2) is 4.98 Å². The summed E-state index contributed by atoms with van der Waals surface area (Å²) in [6.45, 7) is 1.41. The zero-order valence-electron chi connectivity index (χ0n) is 9.26. The molecule has 0 aliphatic carbocycles. The smallest absolute Gasteiger partial charge is 0.0795 e. The standard InChI is InChI=1S/C12H15N3S/c1-15(7-11-8-16-9-14-11)12-4-2-3-10(5-12)6-13/h2-5,8-9H,6-7,13H2,1H3. The van der Waals surface area contributed by atoms with Crippen molar-refractivity contribution in [1.82, 2.24) is 4.98 Å². The van der Waals surface area contributed by atoms with Gasteiger partial charge in [-0.2, -0.15) is 0 Å². The molecule has 0 fully saturated rings. The highest BCUT2D eigenvalue weighted by molar-refractivity contribution is 7.07. The van der Waals surface area contributed by atoms with Gasteiger partial charge in [0.15, 0.2) is 0 Å². The molecule has 84 valence electrons. The molecule has 3 nitrogen and oxygen atoms in total. The van der Waals surface area contributed by atoms with Crippen molar-refractivity contribution in [2.24, 2.45) is 5.73 Å². The van der Waals surface area contributed by atoms with Crippen molar-refractivity contribution < 1.29 is 0 Å². The van der Waals surface area contributed by atoms with Gasteiger partial charge in [0.2, 0.25) is 0 Å². The highest BCUT2D eigenvalue weighted by Crippen LogP contribution is 2.17. The Kier molecular flexibility index (Phi) is 3.54. The van der Waals surface area contributed by atoms with Gasteiger partial charge in [-0.3, -0.25) is 0 Å². The van der Waals surface area contributed by atoms with Crippen LogP contribution < -0.4 is 10.6 Å². The third-order valence-electron chi connectivity index (χ3n) is 2.47. The number of hydrogen-bond acceptors (Lipinski definition) is 4. The summed E-state index contributed by atoms with van der Waals surface area (Å²) in [5, 5.41) is 2.07. The maximum atomic E-state index is 5.63. The van der Waals surface area contributed by atoms with Crippen molar-refractivity contribution in [2.75, 3.05) is 11.9 Å². The molecule has 0 amide bonds. The minimum atomic E-state index is 0.582. The summed E-state index contributed by atoms with van der Waals surface area (Å²) in [7, 11) is 2.06. The number of anilines is 1. The molecular weight excluding hydrogens is 218 g/mol. The van der Waals surface area contributed by atoms with Crippen molar-refractivity contribution in [2.45, 2.75) is 13.1 Å². The van der Waals surface area contributed by atoms with E-state index in [2.05, 4.69) is 34.4 Å². The van der Waals surface area contributed by atoms with Gasteiger partial charge in [0.1, 0.15) is 0 Å². The largest absolute Gasteiger partial charge is 0.369 e. The summed E-state index contributed by atoms with van der Waals surface area (Å²) < 4.78 is 0. The predicted molar refractivity (Wildman–Crippen MR) is 68.6 cm³/mol. The fourth-order valence-corrected chi connectivity index (χ4v) is 2.12. The van der Waals surface area contributed by atoms with Gasteiger partial charge in [0, 0.05) is 24.7 Å². The van der Waals surface area contributed by atoms with Crippen LogP contribution >= 0.6 is 11.3 Å². The average Bonchev–Trinajstić information content (AvgIpc) is 2.82. The number of aromatic nitrogens is 1. The molecular formula is C12H15N3S. The van der Waals surface area contributed by atoms with E-state index in [9.17, 15) is 0 Å². The third kappa shape index (κ3) is 2.59. The highest BCUT2D eigenvalue weighted by Gasteiger charge is 2.03. The zero-order valence-corrected chi connectivity index (χ0v) is 10.1. The maximum absolute atomic E-state index is 5.63. The van der Waals surface area contributed by atoms with Crippen LogP contribution in [-0.4, -0.2) is 12.0 Å². The molecule has 0 saturated carbocycles. The number of rotatable bonds is 4. The van der Waals surface area contributed by atoms with Gasteiger partial charge in [-0.15, -0.1) is 11.3 Å². The molecule has 1 aromatic heterocycles. The number of hydrogen-bond donors (Lipinski definition) is 1. The van der Waals surface area contributed by atoms with Gasteiger partial charge >= 0.3 is 0 Å². The lowest BCUT2D eigenvalue weighted by atomic mass is 10.2. The van der Waals surface area contributed by atoms with Crippen LogP contribution in [0.5, 0.6) is 0 Å². The Morgan fingerprint density at radius 1 is 1.44 bits per heavy atom. The minimum absolute atomic E-state index is 0.582. The highest BCUT2D eigenvalue weighted by atomic mass is 32.1.